The molecule has 5 unspecified atom stereocenters. The number of carbonyl (C=O) groups excluding carboxylic acids is 3. The van der Waals surface area contributed by atoms with Crippen molar-refractivity contribution in [2.45, 2.75) is 65.6 Å². The highest BCUT2D eigenvalue weighted by Crippen LogP contribution is 2.11. The molecule has 150 valence electrons. The van der Waals surface area contributed by atoms with Crippen LogP contribution >= 0.6 is 0 Å². The summed E-state index contributed by atoms with van der Waals surface area (Å²) in [5.41, 5.74) is 5.92. The second-order valence-electron chi connectivity index (χ2n) is 6.62. The third kappa shape index (κ3) is 7.81. The molecule has 0 aromatic rings. The Balaban J connectivity index is 4.96. The van der Waals surface area contributed by atoms with E-state index >= 15 is 0 Å². The van der Waals surface area contributed by atoms with Gasteiger partial charge in [-0.3, -0.25) is 19.2 Å². The fourth-order valence-electron chi connectivity index (χ4n) is 2.15. The van der Waals surface area contributed by atoms with Crippen LogP contribution in [0.15, 0.2) is 0 Å². The number of hydrogen-bond acceptors (Lipinski definition) is 5. The Kier molecular flexibility index (Phi) is 10.5. The van der Waals surface area contributed by atoms with Gasteiger partial charge in [0.15, 0.2) is 0 Å². The molecular weight excluding hydrogens is 340 g/mol. The zero-order chi connectivity index (χ0) is 20.4. The summed E-state index contributed by atoms with van der Waals surface area (Å²) >= 11 is 0. The monoisotopic (exact) mass is 372 g/mol. The summed E-state index contributed by atoms with van der Waals surface area (Å²) in [4.78, 5) is 47.1. The van der Waals surface area contributed by atoms with Crippen LogP contribution in [0.25, 0.3) is 0 Å². The zero-order valence-corrected chi connectivity index (χ0v) is 16.2. The van der Waals surface area contributed by atoms with Crippen molar-refractivity contribution in [2.75, 3.05) is 6.54 Å². The molecule has 9 heteroatoms. The second kappa shape index (κ2) is 11.5. The molecule has 6 N–H and O–H groups in total. The molecule has 0 saturated heterocycles. The molecule has 0 aliphatic carbocycles. The average molecular weight is 372 g/mol. The van der Waals surface area contributed by atoms with Crippen molar-refractivity contribution in [1.82, 2.24) is 16.0 Å². The van der Waals surface area contributed by atoms with E-state index in [1.54, 1.807) is 0 Å². The first kappa shape index (κ1) is 23.8. The van der Waals surface area contributed by atoms with Gasteiger partial charge >= 0.3 is 5.97 Å². The van der Waals surface area contributed by atoms with Crippen LogP contribution in [0.5, 0.6) is 0 Å². The molecule has 0 radical (unpaired) electrons. The predicted octanol–water partition coefficient (Wildman–Crippen LogP) is -0.404. The third-order valence-corrected chi connectivity index (χ3v) is 4.52. The van der Waals surface area contributed by atoms with Gasteiger partial charge in [-0.05, 0) is 18.8 Å². The van der Waals surface area contributed by atoms with Crippen LogP contribution < -0.4 is 21.7 Å². The van der Waals surface area contributed by atoms with E-state index in [0.717, 1.165) is 6.42 Å². The molecule has 3 amide bonds. The quantitative estimate of drug-likeness (QED) is 0.333. The maximum Gasteiger partial charge on any atom is 0.322 e. The Morgan fingerprint density at radius 1 is 0.885 bits per heavy atom. The molecule has 9 nitrogen and oxygen atoms in total. The van der Waals surface area contributed by atoms with Gasteiger partial charge in [-0.15, -0.1) is 0 Å². The van der Waals surface area contributed by atoms with Crippen molar-refractivity contribution < 1.29 is 24.3 Å². The first-order valence-corrected chi connectivity index (χ1v) is 8.90. The Hall–Kier alpha value is -2.16. The van der Waals surface area contributed by atoms with E-state index in [0.29, 0.717) is 6.42 Å². The molecule has 0 aromatic heterocycles. The first-order chi connectivity index (χ1) is 12.0. The molecular formula is C17H32N4O5. The van der Waals surface area contributed by atoms with Crippen LogP contribution in [0.3, 0.4) is 0 Å². The average Bonchev–Trinajstić information content (AvgIpc) is 2.61. The number of amides is 3. The van der Waals surface area contributed by atoms with Crippen molar-refractivity contribution in [3.63, 3.8) is 0 Å². The lowest BCUT2D eigenvalue weighted by molar-refractivity contribution is -0.138. The number of rotatable bonds is 11. The Labute approximate surface area is 154 Å². The molecule has 0 bridgehead atoms. The summed E-state index contributed by atoms with van der Waals surface area (Å²) in [7, 11) is 0. The fraction of sp³-hybridized carbons (Fsp3) is 0.765. The molecule has 26 heavy (non-hydrogen) atoms. The smallest absolute Gasteiger partial charge is 0.322 e. The summed E-state index contributed by atoms with van der Waals surface area (Å²) in [6.45, 7) is 8.39. The minimum atomic E-state index is -1.18. The lowest BCUT2D eigenvalue weighted by Gasteiger charge is -2.27. The lowest BCUT2D eigenvalue weighted by Crippen LogP contribution is -2.58. The first-order valence-electron chi connectivity index (χ1n) is 8.90. The van der Waals surface area contributed by atoms with Crippen molar-refractivity contribution >= 4 is 23.7 Å². The zero-order valence-electron chi connectivity index (χ0n) is 16.2. The molecule has 0 aliphatic heterocycles. The fourth-order valence-corrected chi connectivity index (χ4v) is 2.15. The third-order valence-electron chi connectivity index (χ3n) is 4.52. The van der Waals surface area contributed by atoms with Gasteiger partial charge in [-0.1, -0.05) is 40.5 Å². The van der Waals surface area contributed by atoms with E-state index in [9.17, 15) is 19.2 Å². The molecule has 0 fully saturated rings. The van der Waals surface area contributed by atoms with Gasteiger partial charge in [0.1, 0.15) is 18.6 Å². The number of carbonyl (C=O) groups is 4. The Morgan fingerprint density at radius 3 is 1.88 bits per heavy atom. The number of hydrogen-bond donors (Lipinski definition) is 5. The van der Waals surface area contributed by atoms with Gasteiger partial charge in [-0.25, -0.2) is 0 Å². The molecule has 0 aliphatic rings. The van der Waals surface area contributed by atoms with Crippen LogP contribution in [0.4, 0.5) is 0 Å². The Morgan fingerprint density at radius 2 is 1.42 bits per heavy atom. The van der Waals surface area contributed by atoms with Gasteiger partial charge in [-0.2, -0.15) is 0 Å². The molecule has 0 spiro atoms. The van der Waals surface area contributed by atoms with Gasteiger partial charge < -0.3 is 26.8 Å². The van der Waals surface area contributed by atoms with Crippen molar-refractivity contribution in [1.29, 1.82) is 0 Å². The minimum absolute atomic E-state index is 0.0311. The van der Waals surface area contributed by atoms with Gasteiger partial charge in [0.2, 0.25) is 17.7 Å². The van der Waals surface area contributed by atoms with Crippen molar-refractivity contribution in [3.8, 4) is 0 Å². The van der Waals surface area contributed by atoms with Gasteiger partial charge in [0.05, 0.1) is 6.04 Å². The lowest BCUT2D eigenvalue weighted by atomic mass is 9.95. The highest BCUT2D eigenvalue weighted by atomic mass is 16.4. The largest absolute Gasteiger partial charge is 0.480 e. The summed E-state index contributed by atoms with van der Waals surface area (Å²) < 4.78 is 0. The number of nitrogens with one attached hydrogen (secondary N) is 3. The number of aliphatic carboxylic acids is 1. The van der Waals surface area contributed by atoms with Crippen LogP contribution in [0.2, 0.25) is 0 Å². The standard InChI is InChI=1S/C17H32N4O5/c1-6-9(3)13(18)16(25)21-14(10(4)7-2)17(26)20-11(5)15(24)19-8-12(22)23/h9-11,13-14H,6-8,18H2,1-5H3,(H,19,24)(H,20,26)(H,21,25)(H,22,23). The Bertz CT molecular complexity index is 511. The maximum absolute atomic E-state index is 12.5. The van der Waals surface area contributed by atoms with E-state index in [2.05, 4.69) is 16.0 Å². The van der Waals surface area contributed by atoms with Crippen LogP contribution in [-0.2, 0) is 19.2 Å². The second-order valence-corrected chi connectivity index (χ2v) is 6.62. The molecule has 0 aromatic carbocycles. The summed E-state index contributed by atoms with van der Waals surface area (Å²) in [5.74, 6) is -2.93. The highest BCUT2D eigenvalue weighted by molar-refractivity contribution is 5.93. The van der Waals surface area contributed by atoms with E-state index in [1.165, 1.54) is 6.92 Å². The van der Waals surface area contributed by atoms with Crippen molar-refractivity contribution in [3.05, 3.63) is 0 Å². The number of carboxylic acid groups (broad SMARTS) is 1. The summed E-state index contributed by atoms with van der Waals surface area (Å²) in [6.07, 6.45) is 1.37. The summed E-state index contributed by atoms with van der Waals surface area (Å²) in [6, 6.07) is -2.50. The number of carboxylic acids is 1. The summed E-state index contributed by atoms with van der Waals surface area (Å²) in [5, 5.41) is 15.9. The normalized spacial score (nSPS) is 16.5. The van der Waals surface area contributed by atoms with Gasteiger partial charge in [0.25, 0.3) is 0 Å². The van der Waals surface area contributed by atoms with E-state index < -0.39 is 48.4 Å². The minimum Gasteiger partial charge on any atom is -0.480 e. The topological polar surface area (TPSA) is 151 Å². The van der Waals surface area contributed by atoms with E-state index in [4.69, 9.17) is 10.8 Å². The molecule has 0 saturated carbocycles. The van der Waals surface area contributed by atoms with Crippen LogP contribution in [0, 0.1) is 11.8 Å². The van der Waals surface area contributed by atoms with E-state index in [1.807, 2.05) is 27.7 Å². The highest BCUT2D eigenvalue weighted by Gasteiger charge is 2.30. The molecule has 0 rings (SSSR count). The SMILES string of the molecule is CCC(C)C(N)C(=O)NC(C(=O)NC(C)C(=O)NCC(=O)O)C(C)CC. The number of nitrogens with two attached hydrogens (primary N) is 1. The van der Waals surface area contributed by atoms with Gasteiger partial charge in [0, 0.05) is 0 Å². The van der Waals surface area contributed by atoms with Crippen molar-refractivity contribution in [2.24, 2.45) is 17.6 Å². The predicted molar refractivity (Wildman–Crippen MR) is 97.1 cm³/mol. The van der Waals surface area contributed by atoms with Crippen LogP contribution in [0.1, 0.15) is 47.5 Å². The van der Waals surface area contributed by atoms with Crippen LogP contribution in [-0.4, -0.2) is 53.5 Å². The molecule has 0 heterocycles. The maximum atomic E-state index is 12.5. The molecule has 5 atom stereocenters. The van der Waals surface area contributed by atoms with E-state index in [-0.39, 0.29) is 11.8 Å².